The summed E-state index contributed by atoms with van der Waals surface area (Å²) < 4.78 is 10.8. The molecule has 0 aliphatic carbocycles. The van der Waals surface area contributed by atoms with Gasteiger partial charge in [0.25, 0.3) is 5.91 Å². The van der Waals surface area contributed by atoms with Crippen LogP contribution in [0.5, 0.6) is 11.5 Å². The van der Waals surface area contributed by atoms with Crippen LogP contribution in [0.3, 0.4) is 0 Å². The van der Waals surface area contributed by atoms with Gasteiger partial charge in [-0.15, -0.1) is 0 Å². The number of aromatic nitrogens is 1. The number of hydrogen-bond acceptors (Lipinski definition) is 6. The van der Waals surface area contributed by atoms with Crippen molar-refractivity contribution in [1.29, 1.82) is 0 Å². The van der Waals surface area contributed by atoms with Crippen LogP contribution < -0.4 is 14.8 Å². The molecule has 154 valence electrons. The van der Waals surface area contributed by atoms with Crippen molar-refractivity contribution in [3.8, 4) is 11.5 Å². The molecule has 2 aromatic rings. The summed E-state index contributed by atoms with van der Waals surface area (Å²) in [7, 11) is 0. The Morgan fingerprint density at radius 1 is 1.14 bits per heavy atom. The van der Waals surface area contributed by atoms with E-state index in [1.807, 2.05) is 29.2 Å². The third-order valence-corrected chi connectivity index (χ3v) is 5.51. The molecule has 1 amide bonds. The topological polar surface area (TPSA) is 66.9 Å². The second kappa shape index (κ2) is 8.69. The van der Waals surface area contributed by atoms with Gasteiger partial charge >= 0.3 is 0 Å². The summed E-state index contributed by atoms with van der Waals surface area (Å²) in [5.41, 5.74) is 2.65. The first kappa shape index (κ1) is 19.5. The molecule has 2 aliphatic heterocycles. The molecule has 1 aromatic carbocycles. The zero-order valence-corrected chi connectivity index (χ0v) is 17.1. The number of nitrogens with zero attached hydrogens (tertiary/aromatic N) is 3. The largest absolute Gasteiger partial charge is 0.454 e. The Morgan fingerprint density at radius 3 is 2.66 bits per heavy atom. The summed E-state index contributed by atoms with van der Waals surface area (Å²) in [6.45, 7) is 8.49. The number of carbonyl (C=O) groups excluding carboxylic acids is 1. The third kappa shape index (κ3) is 4.62. The monoisotopic (exact) mass is 396 g/mol. The Hall–Kier alpha value is -2.80. The summed E-state index contributed by atoms with van der Waals surface area (Å²) >= 11 is 0. The quantitative estimate of drug-likeness (QED) is 0.810. The first-order valence-electron chi connectivity index (χ1n) is 10.2. The number of amides is 1. The van der Waals surface area contributed by atoms with Crippen molar-refractivity contribution in [2.45, 2.75) is 32.9 Å². The van der Waals surface area contributed by atoms with Crippen LogP contribution in [0.4, 0.5) is 5.69 Å². The van der Waals surface area contributed by atoms with Crippen LogP contribution in [0.25, 0.3) is 0 Å². The average molecular weight is 396 g/mol. The molecule has 0 bridgehead atoms. The Balaban J connectivity index is 1.29. The molecule has 1 saturated heterocycles. The lowest BCUT2D eigenvalue weighted by Crippen LogP contribution is -2.48. The summed E-state index contributed by atoms with van der Waals surface area (Å²) in [5, 5.41) is 3.37. The van der Waals surface area contributed by atoms with E-state index in [1.165, 1.54) is 5.56 Å². The molecule has 7 heteroatoms. The van der Waals surface area contributed by atoms with Crippen molar-refractivity contribution >= 4 is 11.6 Å². The van der Waals surface area contributed by atoms with Gasteiger partial charge in [-0.3, -0.25) is 9.69 Å². The van der Waals surface area contributed by atoms with Gasteiger partial charge in [0.05, 0.1) is 11.9 Å². The van der Waals surface area contributed by atoms with E-state index in [0.717, 1.165) is 43.2 Å². The number of fused-ring (bicyclic) bond motifs is 1. The van der Waals surface area contributed by atoms with Crippen LogP contribution in [0.15, 0.2) is 36.5 Å². The summed E-state index contributed by atoms with van der Waals surface area (Å²) in [4.78, 5) is 21.4. The molecule has 1 aromatic heterocycles. The Bertz CT molecular complexity index is 848. The van der Waals surface area contributed by atoms with E-state index in [4.69, 9.17) is 9.47 Å². The van der Waals surface area contributed by atoms with Gasteiger partial charge in [0.1, 0.15) is 5.69 Å². The van der Waals surface area contributed by atoms with Crippen molar-refractivity contribution in [1.82, 2.24) is 14.8 Å². The molecule has 4 rings (SSSR count). The van der Waals surface area contributed by atoms with Crippen LogP contribution in [-0.4, -0.2) is 59.7 Å². The fourth-order valence-corrected chi connectivity index (χ4v) is 3.56. The van der Waals surface area contributed by atoms with Gasteiger partial charge in [-0.1, -0.05) is 13.0 Å². The van der Waals surface area contributed by atoms with E-state index in [1.54, 1.807) is 6.20 Å². The molecule has 2 aliphatic rings. The maximum Gasteiger partial charge on any atom is 0.272 e. The molecule has 7 nitrogen and oxygen atoms in total. The molecule has 0 radical (unpaired) electrons. The molecule has 0 saturated carbocycles. The van der Waals surface area contributed by atoms with Crippen LogP contribution in [-0.2, 0) is 6.54 Å². The minimum absolute atomic E-state index is 0.00261. The molecule has 1 unspecified atom stereocenters. The number of rotatable bonds is 6. The number of ether oxygens (including phenoxy) is 2. The highest BCUT2D eigenvalue weighted by Gasteiger charge is 2.23. The highest BCUT2D eigenvalue weighted by molar-refractivity contribution is 5.92. The van der Waals surface area contributed by atoms with E-state index < -0.39 is 0 Å². The number of carbonyl (C=O) groups is 1. The van der Waals surface area contributed by atoms with Crippen molar-refractivity contribution < 1.29 is 14.3 Å². The number of hydrogen-bond donors (Lipinski definition) is 1. The normalized spacial score (nSPS) is 17.2. The number of piperazine rings is 1. The minimum Gasteiger partial charge on any atom is -0.454 e. The molecule has 1 N–H and O–H groups in total. The molecular weight excluding hydrogens is 368 g/mol. The standard InChI is InChI=1S/C22H28N4O3/c1-3-16(2)24-18-5-6-19(23-13-18)22(27)26-10-8-25(9-11-26)14-17-4-7-20-21(12-17)29-15-28-20/h4-7,12-13,16,24H,3,8-11,14-15H2,1-2H3. The lowest BCUT2D eigenvalue weighted by molar-refractivity contribution is 0.0623. The minimum atomic E-state index is 0.00261. The maximum atomic E-state index is 12.8. The van der Waals surface area contributed by atoms with E-state index >= 15 is 0 Å². The predicted octanol–water partition coefficient (Wildman–Crippen LogP) is 2.98. The Kier molecular flexibility index (Phi) is 5.85. The van der Waals surface area contributed by atoms with E-state index in [0.29, 0.717) is 31.6 Å². The van der Waals surface area contributed by atoms with E-state index in [-0.39, 0.29) is 5.91 Å². The second-order valence-corrected chi connectivity index (χ2v) is 7.64. The zero-order valence-electron chi connectivity index (χ0n) is 17.1. The average Bonchev–Trinajstić information content (AvgIpc) is 3.22. The lowest BCUT2D eigenvalue weighted by atomic mass is 10.1. The maximum absolute atomic E-state index is 12.8. The predicted molar refractivity (Wildman–Crippen MR) is 111 cm³/mol. The van der Waals surface area contributed by atoms with Crippen molar-refractivity contribution in [2.75, 3.05) is 38.3 Å². The molecule has 0 spiro atoms. The number of nitrogens with one attached hydrogen (secondary N) is 1. The highest BCUT2D eigenvalue weighted by Crippen LogP contribution is 2.32. The van der Waals surface area contributed by atoms with Gasteiger partial charge in [0.2, 0.25) is 6.79 Å². The highest BCUT2D eigenvalue weighted by atomic mass is 16.7. The van der Waals surface area contributed by atoms with Gasteiger partial charge in [0.15, 0.2) is 11.5 Å². The third-order valence-electron chi connectivity index (χ3n) is 5.51. The second-order valence-electron chi connectivity index (χ2n) is 7.64. The molecule has 1 atom stereocenters. The zero-order chi connectivity index (χ0) is 20.2. The molecular formula is C22H28N4O3. The first-order valence-corrected chi connectivity index (χ1v) is 10.2. The van der Waals surface area contributed by atoms with Gasteiger partial charge in [0, 0.05) is 38.8 Å². The van der Waals surface area contributed by atoms with Crippen molar-refractivity contribution in [3.63, 3.8) is 0 Å². The van der Waals surface area contributed by atoms with Crippen LogP contribution in [0.1, 0.15) is 36.3 Å². The van der Waals surface area contributed by atoms with Crippen LogP contribution in [0.2, 0.25) is 0 Å². The summed E-state index contributed by atoms with van der Waals surface area (Å²) in [6.07, 6.45) is 2.78. The lowest BCUT2D eigenvalue weighted by Gasteiger charge is -2.34. The van der Waals surface area contributed by atoms with Crippen molar-refractivity contribution in [3.05, 3.63) is 47.8 Å². The van der Waals surface area contributed by atoms with Crippen LogP contribution >= 0.6 is 0 Å². The fourth-order valence-electron chi connectivity index (χ4n) is 3.56. The van der Waals surface area contributed by atoms with Crippen molar-refractivity contribution in [2.24, 2.45) is 0 Å². The van der Waals surface area contributed by atoms with Gasteiger partial charge < -0.3 is 19.7 Å². The molecule has 1 fully saturated rings. The fraction of sp³-hybridized carbons (Fsp3) is 0.455. The first-order chi connectivity index (χ1) is 14.1. The van der Waals surface area contributed by atoms with Crippen LogP contribution in [0, 0.1) is 0 Å². The van der Waals surface area contributed by atoms with Gasteiger partial charge in [-0.2, -0.15) is 0 Å². The smallest absolute Gasteiger partial charge is 0.272 e. The SMILES string of the molecule is CCC(C)Nc1ccc(C(=O)N2CCN(Cc3ccc4c(c3)OCO4)CC2)nc1. The summed E-state index contributed by atoms with van der Waals surface area (Å²) in [5.74, 6) is 1.62. The number of pyridine rings is 1. The van der Waals surface area contributed by atoms with Gasteiger partial charge in [-0.25, -0.2) is 4.98 Å². The number of benzene rings is 1. The Labute approximate surface area is 171 Å². The Morgan fingerprint density at radius 2 is 1.93 bits per heavy atom. The van der Waals surface area contributed by atoms with Gasteiger partial charge in [-0.05, 0) is 43.2 Å². The molecule has 3 heterocycles. The molecule has 29 heavy (non-hydrogen) atoms. The van der Waals surface area contributed by atoms with E-state index in [2.05, 4.69) is 35.1 Å². The van der Waals surface area contributed by atoms with E-state index in [9.17, 15) is 4.79 Å². The number of anilines is 1. The summed E-state index contributed by atoms with van der Waals surface area (Å²) in [6, 6.07) is 10.2.